The molecule has 3 aromatic heterocycles. The molecule has 1 N–H and O–H groups in total. The van der Waals surface area contributed by atoms with Crippen LogP contribution in [0, 0.1) is 13.8 Å². The minimum absolute atomic E-state index is 0.732. The van der Waals surface area contributed by atoms with Crippen molar-refractivity contribution in [2.24, 2.45) is 0 Å². The Bertz CT molecular complexity index is 1380. The van der Waals surface area contributed by atoms with Gasteiger partial charge < -0.3 is 14.6 Å². The summed E-state index contributed by atoms with van der Waals surface area (Å²) in [5, 5.41) is 7.74. The van der Waals surface area contributed by atoms with Crippen LogP contribution in [0.4, 0.5) is 5.82 Å². The highest BCUT2D eigenvalue weighted by atomic mass is 16.5. The first-order valence-electron chi connectivity index (χ1n) is 11.5. The highest BCUT2D eigenvalue weighted by Gasteiger charge is 2.16. The number of hydrogen-bond donors (Lipinski definition) is 1. The van der Waals surface area contributed by atoms with Crippen LogP contribution in [-0.4, -0.2) is 21.7 Å². The zero-order valence-electron chi connectivity index (χ0n) is 19.7. The van der Waals surface area contributed by atoms with Gasteiger partial charge in [-0.05, 0) is 67.6 Å². The van der Waals surface area contributed by atoms with Crippen molar-refractivity contribution in [2.45, 2.75) is 33.2 Å². The first kappa shape index (κ1) is 21.8. The minimum atomic E-state index is 0.732. The molecule has 3 heterocycles. The van der Waals surface area contributed by atoms with E-state index in [0.29, 0.717) is 0 Å². The number of hydrogen-bond acceptors (Lipinski definition) is 5. The number of imidazole rings is 1. The van der Waals surface area contributed by atoms with Gasteiger partial charge in [0, 0.05) is 18.3 Å². The van der Waals surface area contributed by atoms with Crippen molar-refractivity contribution in [1.29, 1.82) is 0 Å². The van der Waals surface area contributed by atoms with E-state index >= 15 is 0 Å². The molecule has 0 aliphatic heterocycles. The van der Waals surface area contributed by atoms with E-state index in [1.165, 1.54) is 11.1 Å². The smallest absolute Gasteiger partial charge is 0.141 e. The summed E-state index contributed by atoms with van der Waals surface area (Å²) in [7, 11) is 1.69. The second-order valence-electron chi connectivity index (χ2n) is 8.44. The zero-order chi connectivity index (χ0) is 23.5. The molecule has 172 valence electrons. The Morgan fingerprint density at radius 1 is 0.941 bits per heavy atom. The summed E-state index contributed by atoms with van der Waals surface area (Å²) in [5.41, 5.74) is 7.40. The van der Waals surface area contributed by atoms with Crippen molar-refractivity contribution in [2.75, 3.05) is 12.4 Å². The molecule has 6 nitrogen and oxygen atoms in total. The Balaban J connectivity index is 1.48. The van der Waals surface area contributed by atoms with Gasteiger partial charge in [0.15, 0.2) is 0 Å². The molecule has 0 saturated heterocycles. The number of nitrogens with zero attached hydrogens (tertiary/aromatic N) is 3. The lowest BCUT2D eigenvalue weighted by Crippen LogP contribution is -2.05. The van der Waals surface area contributed by atoms with E-state index in [1.807, 2.05) is 32.0 Å². The highest BCUT2D eigenvalue weighted by molar-refractivity contribution is 5.72. The number of aromatic nitrogens is 3. The fraction of sp³-hybridized carbons (Fsp3) is 0.214. The lowest BCUT2D eigenvalue weighted by molar-refractivity contribution is 0.393. The number of anilines is 1. The molecule has 0 atom stereocenters. The second-order valence-corrected chi connectivity index (χ2v) is 8.44. The van der Waals surface area contributed by atoms with E-state index in [4.69, 9.17) is 14.2 Å². The Labute approximate surface area is 199 Å². The number of methoxy groups -OCH3 is 1. The van der Waals surface area contributed by atoms with Gasteiger partial charge in [-0.2, -0.15) is 0 Å². The molecule has 5 rings (SSSR count). The number of nitrogens with one attached hydrogen (secondary N) is 1. The van der Waals surface area contributed by atoms with Crippen molar-refractivity contribution < 1.29 is 9.26 Å². The predicted molar refractivity (Wildman–Crippen MR) is 134 cm³/mol. The highest BCUT2D eigenvalue weighted by Crippen LogP contribution is 2.30. The normalized spacial score (nSPS) is 11.1. The van der Waals surface area contributed by atoms with Crippen molar-refractivity contribution in [3.63, 3.8) is 0 Å². The van der Waals surface area contributed by atoms with Gasteiger partial charge in [-0.25, -0.2) is 4.98 Å². The molecular formula is C28H28N4O2. The molecular weight excluding hydrogens is 424 g/mol. The number of fused-ring (bicyclic) bond motifs is 1. The fourth-order valence-corrected chi connectivity index (χ4v) is 4.34. The van der Waals surface area contributed by atoms with Gasteiger partial charge in [-0.1, -0.05) is 47.6 Å². The molecule has 2 aromatic carbocycles. The van der Waals surface area contributed by atoms with E-state index < -0.39 is 0 Å². The van der Waals surface area contributed by atoms with Gasteiger partial charge in [-0.3, -0.25) is 4.40 Å². The minimum Gasteiger partial charge on any atom is -0.497 e. The Morgan fingerprint density at radius 2 is 1.74 bits per heavy atom. The lowest BCUT2D eigenvalue weighted by atomic mass is 10.1. The summed E-state index contributed by atoms with van der Waals surface area (Å²) in [6, 6.07) is 22.9. The maximum absolute atomic E-state index is 5.38. The number of aryl methyl sites for hydroxylation is 4. The lowest BCUT2D eigenvalue weighted by Gasteiger charge is -2.10. The molecule has 0 saturated carbocycles. The van der Waals surface area contributed by atoms with Gasteiger partial charge in [0.05, 0.1) is 18.5 Å². The summed E-state index contributed by atoms with van der Waals surface area (Å²) in [4.78, 5) is 5.03. The van der Waals surface area contributed by atoms with Gasteiger partial charge >= 0.3 is 0 Å². The van der Waals surface area contributed by atoms with Gasteiger partial charge in [0.25, 0.3) is 0 Å². The maximum Gasteiger partial charge on any atom is 0.141 e. The van der Waals surface area contributed by atoms with E-state index in [2.05, 4.69) is 69.6 Å². The fourth-order valence-electron chi connectivity index (χ4n) is 4.34. The largest absolute Gasteiger partial charge is 0.497 e. The number of ether oxygens (including phenoxy) is 1. The molecule has 0 radical (unpaired) electrons. The molecule has 0 aliphatic carbocycles. The molecule has 0 spiro atoms. The van der Waals surface area contributed by atoms with Crippen LogP contribution < -0.4 is 10.1 Å². The first-order valence-corrected chi connectivity index (χ1v) is 11.5. The summed E-state index contributed by atoms with van der Waals surface area (Å²) < 4.78 is 12.8. The summed E-state index contributed by atoms with van der Waals surface area (Å²) in [6.07, 6.45) is 3.80. The van der Waals surface area contributed by atoms with Crippen LogP contribution in [0.2, 0.25) is 0 Å². The average molecular weight is 453 g/mol. The van der Waals surface area contributed by atoms with Crippen LogP contribution in [0.3, 0.4) is 0 Å². The van der Waals surface area contributed by atoms with Gasteiger partial charge in [0.2, 0.25) is 0 Å². The Kier molecular flexibility index (Phi) is 6.04. The second kappa shape index (κ2) is 9.43. The Hall–Kier alpha value is -4.06. The molecule has 34 heavy (non-hydrogen) atoms. The number of benzene rings is 2. The molecule has 0 unspecified atom stereocenters. The predicted octanol–water partition coefficient (Wildman–Crippen LogP) is 6.01. The van der Waals surface area contributed by atoms with Crippen LogP contribution in [0.1, 0.15) is 28.3 Å². The van der Waals surface area contributed by atoms with Crippen LogP contribution in [0.25, 0.3) is 16.8 Å². The van der Waals surface area contributed by atoms with Gasteiger partial charge in [-0.15, -0.1) is 0 Å². The first-order chi connectivity index (χ1) is 16.6. The molecule has 0 amide bonds. The third kappa shape index (κ3) is 4.39. The van der Waals surface area contributed by atoms with Crippen LogP contribution in [0.15, 0.2) is 77.4 Å². The van der Waals surface area contributed by atoms with E-state index in [0.717, 1.165) is 64.9 Å². The van der Waals surface area contributed by atoms with E-state index in [9.17, 15) is 0 Å². The van der Waals surface area contributed by atoms with E-state index in [1.54, 1.807) is 7.11 Å². The van der Waals surface area contributed by atoms with Crippen molar-refractivity contribution in [1.82, 2.24) is 14.5 Å². The topological polar surface area (TPSA) is 64.6 Å². The van der Waals surface area contributed by atoms with Crippen molar-refractivity contribution in [3.05, 3.63) is 101 Å². The SMILES string of the molecule is COc1ccc(CCc2nc3cc(-c4c(C)noc4C)ccn3c2NCc2ccccc2)cc1. The van der Waals surface area contributed by atoms with Crippen LogP contribution in [-0.2, 0) is 19.4 Å². The maximum atomic E-state index is 5.38. The van der Waals surface area contributed by atoms with Gasteiger partial charge in [0.1, 0.15) is 23.0 Å². The average Bonchev–Trinajstić information content (AvgIpc) is 3.40. The number of rotatable bonds is 8. The molecule has 6 heteroatoms. The van der Waals surface area contributed by atoms with Crippen molar-refractivity contribution in [3.8, 4) is 16.9 Å². The molecule has 0 fully saturated rings. The van der Waals surface area contributed by atoms with Crippen LogP contribution in [0.5, 0.6) is 5.75 Å². The molecule has 5 aromatic rings. The standard InChI is InChI=1S/C28H28N4O2/c1-19-27(20(2)34-31-19)23-15-16-32-26(17-23)30-25(14-11-21-9-12-24(33-3)13-10-21)28(32)29-18-22-7-5-4-6-8-22/h4-10,12-13,15-17,29H,11,14,18H2,1-3H3. The monoisotopic (exact) mass is 452 g/mol. The van der Waals surface area contributed by atoms with Crippen molar-refractivity contribution >= 4 is 11.5 Å². The zero-order valence-corrected chi connectivity index (χ0v) is 19.7. The van der Waals surface area contributed by atoms with E-state index in [-0.39, 0.29) is 0 Å². The third-order valence-corrected chi connectivity index (χ3v) is 6.13. The molecule has 0 bridgehead atoms. The van der Waals surface area contributed by atoms with Crippen LogP contribution >= 0.6 is 0 Å². The quantitative estimate of drug-likeness (QED) is 0.312. The summed E-state index contributed by atoms with van der Waals surface area (Å²) in [6.45, 7) is 4.64. The summed E-state index contributed by atoms with van der Waals surface area (Å²) in [5.74, 6) is 2.71. The third-order valence-electron chi connectivity index (χ3n) is 6.13. The summed E-state index contributed by atoms with van der Waals surface area (Å²) >= 11 is 0. The molecule has 0 aliphatic rings. The Morgan fingerprint density at radius 3 is 2.44 bits per heavy atom. The number of pyridine rings is 1.